The molecule has 0 aliphatic heterocycles. The van der Waals surface area contributed by atoms with E-state index in [1.165, 1.54) is 0 Å². The largest absolute Gasteiger partial charge is 0.482 e. The predicted molar refractivity (Wildman–Crippen MR) is 105 cm³/mol. The van der Waals surface area contributed by atoms with Gasteiger partial charge >= 0.3 is 5.97 Å². The molecule has 0 bridgehead atoms. The van der Waals surface area contributed by atoms with Crippen LogP contribution in [-0.4, -0.2) is 25.1 Å². The standard InChI is InChI=1S/C21H24ClNO4/c1-4-18(16-7-5-14(2)6-8-16)23-20(24)12-27-21(25)13-26-19-10-9-17(22)11-15(19)3/h5-11,18H,4,12-13H2,1-3H3,(H,23,24)/t18-/m0/s1. The third-order valence-corrected chi connectivity index (χ3v) is 4.31. The summed E-state index contributed by atoms with van der Waals surface area (Å²) in [5.74, 6) is -0.410. The Hall–Kier alpha value is -2.53. The first-order valence-electron chi connectivity index (χ1n) is 8.79. The molecule has 0 fully saturated rings. The van der Waals surface area contributed by atoms with Gasteiger partial charge in [-0.3, -0.25) is 4.79 Å². The lowest BCUT2D eigenvalue weighted by Gasteiger charge is -2.17. The van der Waals surface area contributed by atoms with Crippen molar-refractivity contribution in [2.24, 2.45) is 0 Å². The molecular weight excluding hydrogens is 366 g/mol. The number of halogens is 1. The topological polar surface area (TPSA) is 64.6 Å². The van der Waals surface area contributed by atoms with E-state index in [0.29, 0.717) is 10.8 Å². The van der Waals surface area contributed by atoms with Crippen molar-refractivity contribution in [1.82, 2.24) is 5.32 Å². The summed E-state index contributed by atoms with van der Waals surface area (Å²) in [6.07, 6.45) is 0.738. The second-order valence-corrected chi connectivity index (χ2v) is 6.73. The third kappa shape index (κ3) is 6.61. The van der Waals surface area contributed by atoms with Crippen molar-refractivity contribution in [3.05, 3.63) is 64.2 Å². The van der Waals surface area contributed by atoms with Crippen LogP contribution in [0.15, 0.2) is 42.5 Å². The van der Waals surface area contributed by atoms with Crippen LogP contribution in [-0.2, 0) is 14.3 Å². The van der Waals surface area contributed by atoms with Crippen LogP contribution in [0.4, 0.5) is 0 Å². The van der Waals surface area contributed by atoms with E-state index < -0.39 is 5.97 Å². The van der Waals surface area contributed by atoms with Crippen molar-refractivity contribution in [3.8, 4) is 5.75 Å². The van der Waals surface area contributed by atoms with Crippen LogP contribution in [0.3, 0.4) is 0 Å². The molecule has 0 radical (unpaired) electrons. The zero-order chi connectivity index (χ0) is 19.8. The van der Waals surface area contributed by atoms with E-state index in [-0.39, 0.29) is 25.2 Å². The number of hydrogen-bond acceptors (Lipinski definition) is 4. The predicted octanol–water partition coefficient (Wildman–Crippen LogP) is 4.15. The molecule has 0 aliphatic rings. The summed E-state index contributed by atoms with van der Waals surface area (Å²) >= 11 is 5.88. The molecule has 144 valence electrons. The quantitative estimate of drug-likeness (QED) is 0.689. The minimum absolute atomic E-state index is 0.121. The van der Waals surface area contributed by atoms with Gasteiger partial charge in [-0.15, -0.1) is 0 Å². The number of carbonyl (C=O) groups excluding carboxylic acids is 2. The van der Waals surface area contributed by atoms with Gasteiger partial charge in [-0.05, 0) is 49.6 Å². The number of rotatable bonds is 8. The molecule has 0 aromatic heterocycles. The molecule has 0 heterocycles. The molecule has 6 heteroatoms. The molecule has 2 rings (SSSR count). The highest BCUT2D eigenvalue weighted by atomic mass is 35.5. The number of carbonyl (C=O) groups is 2. The highest BCUT2D eigenvalue weighted by molar-refractivity contribution is 6.30. The Kier molecular flexibility index (Phi) is 7.67. The molecule has 0 unspecified atom stereocenters. The molecule has 5 nitrogen and oxygen atoms in total. The summed E-state index contributed by atoms with van der Waals surface area (Å²) in [5.41, 5.74) is 2.99. The molecule has 0 saturated heterocycles. The van der Waals surface area contributed by atoms with Gasteiger partial charge in [-0.1, -0.05) is 48.4 Å². The van der Waals surface area contributed by atoms with Crippen LogP contribution in [0.25, 0.3) is 0 Å². The van der Waals surface area contributed by atoms with E-state index in [0.717, 1.165) is 23.1 Å². The van der Waals surface area contributed by atoms with Gasteiger partial charge in [0.1, 0.15) is 5.75 Å². The smallest absolute Gasteiger partial charge is 0.344 e. The van der Waals surface area contributed by atoms with Crippen LogP contribution in [0.1, 0.15) is 36.1 Å². The first kappa shape index (κ1) is 20.8. The van der Waals surface area contributed by atoms with E-state index in [4.69, 9.17) is 21.1 Å². The van der Waals surface area contributed by atoms with Crippen molar-refractivity contribution < 1.29 is 19.1 Å². The van der Waals surface area contributed by atoms with Crippen LogP contribution in [0.2, 0.25) is 5.02 Å². The van der Waals surface area contributed by atoms with Gasteiger partial charge in [0.15, 0.2) is 13.2 Å². The molecular formula is C21H24ClNO4. The molecule has 2 aromatic rings. The highest BCUT2D eigenvalue weighted by Gasteiger charge is 2.15. The Balaban J connectivity index is 1.78. The monoisotopic (exact) mass is 389 g/mol. The maximum absolute atomic E-state index is 12.1. The molecule has 1 amide bonds. The third-order valence-electron chi connectivity index (χ3n) is 4.07. The maximum atomic E-state index is 12.1. The van der Waals surface area contributed by atoms with Crippen LogP contribution in [0, 0.1) is 13.8 Å². The van der Waals surface area contributed by atoms with Crippen molar-refractivity contribution in [2.45, 2.75) is 33.2 Å². The molecule has 2 aromatic carbocycles. The van der Waals surface area contributed by atoms with Crippen LogP contribution in [0.5, 0.6) is 5.75 Å². The Labute approximate surface area is 164 Å². The van der Waals surface area contributed by atoms with E-state index >= 15 is 0 Å². The zero-order valence-corrected chi connectivity index (χ0v) is 16.5. The minimum atomic E-state index is -0.608. The lowest BCUT2D eigenvalue weighted by atomic mass is 10.0. The summed E-state index contributed by atoms with van der Waals surface area (Å²) in [7, 11) is 0. The van der Waals surface area contributed by atoms with Crippen LogP contribution >= 0.6 is 11.6 Å². The van der Waals surface area contributed by atoms with Crippen molar-refractivity contribution in [2.75, 3.05) is 13.2 Å². The fraction of sp³-hybridized carbons (Fsp3) is 0.333. The number of aryl methyl sites for hydroxylation is 2. The van der Waals surface area contributed by atoms with Gasteiger partial charge in [0.25, 0.3) is 5.91 Å². The first-order chi connectivity index (χ1) is 12.9. The van der Waals surface area contributed by atoms with Crippen molar-refractivity contribution in [3.63, 3.8) is 0 Å². The lowest BCUT2D eigenvalue weighted by Crippen LogP contribution is -2.33. The Morgan fingerprint density at radius 2 is 1.78 bits per heavy atom. The summed E-state index contributed by atoms with van der Waals surface area (Å²) in [6.45, 7) is 5.21. The highest BCUT2D eigenvalue weighted by Crippen LogP contribution is 2.21. The summed E-state index contributed by atoms with van der Waals surface area (Å²) in [5, 5.41) is 3.47. The van der Waals surface area contributed by atoms with Crippen molar-refractivity contribution >= 4 is 23.5 Å². The van der Waals surface area contributed by atoms with Gasteiger partial charge in [0, 0.05) is 5.02 Å². The van der Waals surface area contributed by atoms with E-state index in [9.17, 15) is 9.59 Å². The molecule has 27 heavy (non-hydrogen) atoms. The second kappa shape index (κ2) is 9.97. The second-order valence-electron chi connectivity index (χ2n) is 6.30. The SMILES string of the molecule is CC[C@H](NC(=O)COC(=O)COc1ccc(Cl)cc1C)c1ccc(C)cc1. The summed E-state index contributed by atoms with van der Waals surface area (Å²) in [6, 6.07) is 13.0. The zero-order valence-electron chi connectivity index (χ0n) is 15.8. The molecule has 1 atom stereocenters. The van der Waals surface area contributed by atoms with Gasteiger partial charge in [0.2, 0.25) is 0 Å². The van der Waals surface area contributed by atoms with Gasteiger partial charge in [0.05, 0.1) is 6.04 Å². The summed E-state index contributed by atoms with van der Waals surface area (Å²) in [4.78, 5) is 23.9. The number of nitrogens with one attached hydrogen (secondary N) is 1. The number of benzene rings is 2. The maximum Gasteiger partial charge on any atom is 0.344 e. The minimum Gasteiger partial charge on any atom is -0.482 e. The van der Waals surface area contributed by atoms with E-state index in [1.54, 1.807) is 18.2 Å². The van der Waals surface area contributed by atoms with E-state index in [1.807, 2.05) is 45.0 Å². The van der Waals surface area contributed by atoms with Gasteiger partial charge < -0.3 is 14.8 Å². The fourth-order valence-corrected chi connectivity index (χ4v) is 2.78. The number of amides is 1. The average molecular weight is 390 g/mol. The Bertz CT molecular complexity index is 789. The van der Waals surface area contributed by atoms with E-state index in [2.05, 4.69) is 5.32 Å². The van der Waals surface area contributed by atoms with Gasteiger partial charge in [-0.2, -0.15) is 0 Å². The number of ether oxygens (including phenoxy) is 2. The fourth-order valence-electron chi connectivity index (χ4n) is 2.56. The van der Waals surface area contributed by atoms with Crippen LogP contribution < -0.4 is 10.1 Å². The molecule has 0 saturated carbocycles. The Morgan fingerprint density at radius 1 is 1.07 bits per heavy atom. The summed E-state index contributed by atoms with van der Waals surface area (Å²) < 4.78 is 10.4. The normalized spacial score (nSPS) is 11.6. The number of hydrogen-bond donors (Lipinski definition) is 1. The molecule has 1 N–H and O–H groups in total. The van der Waals surface area contributed by atoms with Gasteiger partial charge in [-0.25, -0.2) is 4.79 Å². The first-order valence-corrected chi connectivity index (χ1v) is 9.17. The van der Waals surface area contributed by atoms with Crippen molar-refractivity contribution in [1.29, 1.82) is 0 Å². The number of esters is 1. The molecule has 0 aliphatic carbocycles. The average Bonchev–Trinajstić information content (AvgIpc) is 2.64. The molecule has 0 spiro atoms. The lowest BCUT2D eigenvalue weighted by molar-refractivity contribution is -0.150. The Morgan fingerprint density at radius 3 is 2.41 bits per heavy atom.